The van der Waals surface area contributed by atoms with Gasteiger partial charge in [0.15, 0.2) is 0 Å². The van der Waals surface area contributed by atoms with Gasteiger partial charge in [-0.1, -0.05) is 11.6 Å². The number of hydrogen-bond acceptors (Lipinski definition) is 5. The van der Waals surface area contributed by atoms with Crippen LogP contribution in [-0.2, 0) is 4.79 Å². The molecule has 1 aliphatic rings. The molecule has 0 bridgehead atoms. The number of aromatic nitrogens is 1. The fraction of sp³-hybridized carbons (Fsp3) is 0.222. The minimum absolute atomic E-state index is 0.0204. The Morgan fingerprint density at radius 1 is 1.41 bits per heavy atom. The van der Waals surface area contributed by atoms with Gasteiger partial charge in [0.05, 0.1) is 11.4 Å². The van der Waals surface area contributed by atoms with Crippen molar-refractivity contribution in [3.63, 3.8) is 0 Å². The van der Waals surface area contributed by atoms with E-state index >= 15 is 0 Å². The fourth-order valence-electron chi connectivity index (χ4n) is 2.73. The van der Waals surface area contributed by atoms with Crippen molar-refractivity contribution >= 4 is 52.5 Å². The van der Waals surface area contributed by atoms with Crippen LogP contribution in [0.4, 0.5) is 15.8 Å². The summed E-state index contributed by atoms with van der Waals surface area (Å²) in [4.78, 5) is 29.0. The molecule has 1 heterocycles. The highest BCUT2D eigenvalue weighted by Crippen LogP contribution is 2.44. The van der Waals surface area contributed by atoms with Gasteiger partial charge in [0.2, 0.25) is 11.7 Å². The monoisotopic (exact) mass is 408 g/mol. The number of alkyl halides is 1. The summed E-state index contributed by atoms with van der Waals surface area (Å²) >= 11 is 11.8. The van der Waals surface area contributed by atoms with Crippen molar-refractivity contribution in [1.82, 2.24) is 4.98 Å². The fourth-order valence-corrected chi connectivity index (χ4v) is 3.09. The molecule has 0 radical (unpaired) electrons. The van der Waals surface area contributed by atoms with Crippen molar-refractivity contribution in [1.29, 1.82) is 5.41 Å². The SMILES string of the molecule is N=Cc1c(C(=O)c2nc(Cl)c(C3CC3)cc2NC(=O)CCl)ccc(F)c1N. The van der Waals surface area contributed by atoms with Crippen LogP contribution in [0.2, 0.25) is 5.15 Å². The second-order valence-electron chi connectivity index (χ2n) is 6.12. The van der Waals surface area contributed by atoms with E-state index in [4.69, 9.17) is 34.3 Å². The van der Waals surface area contributed by atoms with Crippen LogP contribution in [0.3, 0.4) is 0 Å². The van der Waals surface area contributed by atoms with Crippen molar-refractivity contribution < 1.29 is 14.0 Å². The first-order valence-corrected chi connectivity index (χ1v) is 8.98. The molecular formula is C18H15Cl2FN4O2. The van der Waals surface area contributed by atoms with E-state index in [2.05, 4.69) is 10.3 Å². The average molecular weight is 409 g/mol. The maximum atomic E-state index is 13.7. The van der Waals surface area contributed by atoms with Gasteiger partial charge in [0.25, 0.3) is 0 Å². The third-order valence-corrected chi connectivity index (χ3v) is 4.80. The number of nitrogen functional groups attached to an aromatic ring is 1. The first-order chi connectivity index (χ1) is 12.9. The lowest BCUT2D eigenvalue weighted by atomic mass is 9.98. The van der Waals surface area contributed by atoms with Crippen LogP contribution in [0, 0.1) is 11.2 Å². The first kappa shape index (κ1) is 19.3. The van der Waals surface area contributed by atoms with Crippen molar-refractivity contribution in [3.8, 4) is 0 Å². The molecule has 1 amide bonds. The molecule has 3 rings (SSSR count). The Balaban J connectivity index is 2.13. The van der Waals surface area contributed by atoms with Gasteiger partial charge in [-0.05, 0) is 42.5 Å². The topological polar surface area (TPSA) is 109 Å². The molecule has 1 aromatic heterocycles. The molecule has 1 aromatic carbocycles. The highest BCUT2D eigenvalue weighted by Gasteiger charge is 2.30. The standard InChI is InChI=1S/C18H15Cl2FN4O2/c19-6-14(26)24-13-5-10(8-1-2-8)18(20)25-16(13)17(27)9-3-4-12(21)15(23)11(9)7-22/h3-5,7-8,22H,1-2,6,23H2,(H,24,26). The summed E-state index contributed by atoms with van der Waals surface area (Å²) in [5.41, 5.74) is 6.01. The Morgan fingerprint density at radius 2 is 2.11 bits per heavy atom. The van der Waals surface area contributed by atoms with Crippen LogP contribution < -0.4 is 11.1 Å². The van der Waals surface area contributed by atoms with E-state index in [1.165, 1.54) is 6.07 Å². The second-order valence-corrected chi connectivity index (χ2v) is 6.74. The second kappa shape index (κ2) is 7.62. The summed E-state index contributed by atoms with van der Waals surface area (Å²) in [6, 6.07) is 3.86. The van der Waals surface area contributed by atoms with Crippen molar-refractivity contribution in [2.75, 3.05) is 16.9 Å². The smallest absolute Gasteiger partial charge is 0.239 e. The third-order valence-electron chi connectivity index (χ3n) is 4.25. The summed E-state index contributed by atoms with van der Waals surface area (Å²) in [7, 11) is 0. The number of carbonyl (C=O) groups is 2. The molecule has 1 aliphatic carbocycles. The molecule has 0 aliphatic heterocycles. The summed E-state index contributed by atoms with van der Waals surface area (Å²) in [6.07, 6.45) is 2.69. The molecule has 4 N–H and O–H groups in total. The molecule has 0 saturated heterocycles. The molecule has 0 unspecified atom stereocenters. The van der Waals surface area contributed by atoms with Gasteiger partial charge in [-0.3, -0.25) is 9.59 Å². The van der Waals surface area contributed by atoms with E-state index < -0.39 is 17.5 Å². The van der Waals surface area contributed by atoms with Crippen LogP contribution in [0.15, 0.2) is 18.2 Å². The van der Waals surface area contributed by atoms with Gasteiger partial charge in [0, 0.05) is 17.3 Å². The number of amides is 1. The lowest BCUT2D eigenvalue weighted by molar-refractivity contribution is -0.113. The van der Waals surface area contributed by atoms with Gasteiger partial charge in [-0.2, -0.15) is 0 Å². The molecule has 0 spiro atoms. The third kappa shape index (κ3) is 3.79. The van der Waals surface area contributed by atoms with Crippen molar-refractivity contribution in [2.45, 2.75) is 18.8 Å². The number of anilines is 2. The minimum Gasteiger partial charge on any atom is -0.396 e. The summed E-state index contributed by atoms with van der Waals surface area (Å²) in [6.45, 7) is 0. The Kier molecular flexibility index (Phi) is 5.43. The van der Waals surface area contributed by atoms with Crippen LogP contribution >= 0.6 is 23.2 Å². The largest absolute Gasteiger partial charge is 0.396 e. The Labute approximate surface area is 164 Å². The van der Waals surface area contributed by atoms with Crippen LogP contribution in [-0.4, -0.2) is 28.8 Å². The maximum Gasteiger partial charge on any atom is 0.239 e. The quantitative estimate of drug-likeness (QED) is 0.222. The summed E-state index contributed by atoms with van der Waals surface area (Å²) in [5.74, 6) is -1.96. The van der Waals surface area contributed by atoms with Crippen LogP contribution in [0.25, 0.3) is 0 Å². The van der Waals surface area contributed by atoms with E-state index in [-0.39, 0.29) is 45.1 Å². The van der Waals surface area contributed by atoms with Gasteiger partial charge >= 0.3 is 0 Å². The molecule has 1 fully saturated rings. The summed E-state index contributed by atoms with van der Waals surface area (Å²) < 4.78 is 13.7. The lowest BCUT2D eigenvalue weighted by Gasteiger charge is -2.14. The average Bonchev–Trinajstić information content (AvgIpc) is 3.49. The Bertz CT molecular complexity index is 961. The predicted molar refractivity (Wildman–Crippen MR) is 103 cm³/mol. The number of hydrogen-bond donors (Lipinski definition) is 3. The first-order valence-electron chi connectivity index (χ1n) is 8.06. The normalized spacial score (nSPS) is 13.3. The number of nitrogens with one attached hydrogen (secondary N) is 2. The number of pyridine rings is 1. The predicted octanol–water partition coefficient (Wildman–Crippen LogP) is 3.74. The molecular weight excluding hydrogens is 394 g/mol. The van der Waals surface area contributed by atoms with E-state index in [9.17, 15) is 14.0 Å². The van der Waals surface area contributed by atoms with Gasteiger partial charge in [-0.25, -0.2) is 9.37 Å². The van der Waals surface area contributed by atoms with E-state index in [0.717, 1.165) is 30.7 Å². The summed E-state index contributed by atoms with van der Waals surface area (Å²) in [5, 5.41) is 10.2. The number of benzene rings is 1. The maximum absolute atomic E-state index is 13.7. The number of halogens is 3. The highest BCUT2D eigenvalue weighted by atomic mass is 35.5. The van der Waals surface area contributed by atoms with Crippen molar-refractivity contribution in [3.05, 3.63) is 51.6 Å². The molecule has 6 nitrogen and oxygen atoms in total. The number of rotatable bonds is 6. The molecule has 2 aromatic rings. The van der Waals surface area contributed by atoms with Crippen molar-refractivity contribution in [2.24, 2.45) is 0 Å². The molecule has 9 heteroatoms. The molecule has 27 heavy (non-hydrogen) atoms. The lowest BCUT2D eigenvalue weighted by Crippen LogP contribution is -2.18. The number of nitrogens with two attached hydrogens (primary N) is 1. The van der Waals surface area contributed by atoms with Gasteiger partial charge in [-0.15, -0.1) is 11.6 Å². The number of carbonyl (C=O) groups excluding carboxylic acids is 2. The van der Waals surface area contributed by atoms with Gasteiger partial charge < -0.3 is 16.5 Å². The molecule has 0 atom stereocenters. The Hall–Kier alpha value is -2.51. The zero-order valence-corrected chi connectivity index (χ0v) is 15.5. The number of nitrogens with zero attached hydrogens (tertiary/aromatic N) is 1. The van der Waals surface area contributed by atoms with Crippen LogP contribution in [0.5, 0.6) is 0 Å². The zero-order valence-electron chi connectivity index (χ0n) is 14.0. The minimum atomic E-state index is -0.740. The van der Waals surface area contributed by atoms with E-state index in [1.54, 1.807) is 6.07 Å². The molecule has 1 saturated carbocycles. The number of ketones is 1. The van der Waals surface area contributed by atoms with E-state index in [1.807, 2.05) is 0 Å². The molecule has 140 valence electrons. The highest BCUT2D eigenvalue weighted by molar-refractivity contribution is 6.31. The van der Waals surface area contributed by atoms with Gasteiger partial charge in [0.1, 0.15) is 22.5 Å². The van der Waals surface area contributed by atoms with Crippen LogP contribution in [0.1, 0.15) is 45.9 Å². The van der Waals surface area contributed by atoms with E-state index in [0.29, 0.717) is 0 Å². The zero-order chi connectivity index (χ0) is 19.7. The Morgan fingerprint density at radius 3 is 2.70 bits per heavy atom.